The minimum atomic E-state index is -0.431. The lowest BCUT2D eigenvalue weighted by atomic mass is 10.2. The number of rotatable bonds is 6. The van der Waals surface area contributed by atoms with Gasteiger partial charge in [0.2, 0.25) is 12.7 Å². The average Bonchev–Trinajstić information content (AvgIpc) is 3.41. The molecule has 4 aromatic rings. The normalized spacial score (nSPS) is 14.5. The zero-order chi connectivity index (χ0) is 23.2. The number of nitrogens with zero attached hydrogens (tertiary/aromatic N) is 4. The van der Waals surface area contributed by atoms with Crippen LogP contribution in [0.3, 0.4) is 0 Å². The third-order valence-corrected chi connectivity index (χ3v) is 5.97. The van der Waals surface area contributed by atoms with Gasteiger partial charge in [-0.05, 0) is 54.8 Å². The Morgan fingerprint density at radius 1 is 1.12 bits per heavy atom. The van der Waals surface area contributed by atoms with Crippen LogP contribution in [0.1, 0.15) is 30.0 Å². The molecule has 2 aromatic heterocycles. The van der Waals surface area contributed by atoms with E-state index in [4.69, 9.17) is 9.47 Å². The summed E-state index contributed by atoms with van der Waals surface area (Å²) in [6.45, 7) is 0.225. The second-order valence-corrected chi connectivity index (χ2v) is 8.38. The molecule has 9 nitrogen and oxygen atoms in total. The van der Waals surface area contributed by atoms with Crippen molar-refractivity contribution in [3.63, 3.8) is 0 Å². The summed E-state index contributed by atoms with van der Waals surface area (Å²) in [5.41, 5.74) is 2.06. The zero-order valence-electron chi connectivity index (χ0n) is 18.0. The Kier molecular flexibility index (Phi) is 4.79. The van der Waals surface area contributed by atoms with Crippen molar-refractivity contribution in [2.24, 2.45) is 0 Å². The number of hydrogen-bond donors (Lipinski definition) is 1. The number of hydrogen-bond acceptors (Lipinski definition) is 6. The maximum atomic E-state index is 13.4. The number of benzene rings is 2. The number of fused-ring (bicyclic) bond motifs is 2. The Bertz CT molecular complexity index is 1470. The molecule has 6 rings (SSSR count). The fraction of sp³-hybridized carbons (Fsp3) is 0.250. The first kappa shape index (κ1) is 20.4. The van der Waals surface area contributed by atoms with Gasteiger partial charge in [0.1, 0.15) is 17.9 Å². The van der Waals surface area contributed by atoms with Crippen molar-refractivity contribution in [1.82, 2.24) is 24.9 Å². The Labute approximate surface area is 192 Å². The van der Waals surface area contributed by atoms with Crippen molar-refractivity contribution >= 4 is 16.8 Å². The van der Waals surface area contributed by atoms with Gasteiger partial charge in [-0.25, -0.2) is 13.8 Å². The summed E-state index contributed by atoms with van der Waals surface area (Å²) in [4.78, 5) is 26.0. The molecule has 3 heterocycles. The van der Waals surface area contributed by atoms with Gasteiger partial charge in [0.25, 0.3) is 5.56 Å². The summed E-state index contributed by atoms with van der Waals surface area (Å²) in [6.07, 6.45) is 3.56. The second kappa shape index (κ2) is 7.98. The maximum Gasteiger partial charge on any atom is 0.293 e. The highest BCUT2D eigenvalue weighted by atomic mass is 19.1. The van der Waals surface area contributed by atoms with Gasteiger partial charge in [-0.1, -0.05) is 6.07 Å². The smallest absolute Gasteiger partial charge is 0.293 e. The van der Waals surface area contributed by atoms with Gasteiger partial charge < -0.3 is 14.8 Å². The lowest BCUT2D eigenvalue weighted by Gasteiger charge is -2.11. The first-order valence-corrected chi connectivity index (χ1v) is 11.0. The summed E-state index contributed by atoms with van der Waals surface area (Å²) in [7, 11) is 0. The van der Waals surface area contributed by atoms with E-state index in [1.54, 1.807) is 24.4 Å². The van der Waals surface area contributed by atoms with Crippen LogP contribution < -0.4 is 20.3 Å². The number of ether oxygens (including phenoxy) is 2. The van der Waals surface area contributed by atoms with E-state index >= 15 is 0 Å². The quantitative estimate of drug-likeness (QED) is 0.474. The lowest BCUT2D eigenvalue weighted by molar-refractivity contribution is -0.122. The first-order chi connectivity index (χ1) is 16.6. The van der Waals surface area contributed by atoms with E-state index < -0.39 is 5.56 Å². The van der Waals surface area contributed by atoms with E-state index in [-0.39, 0.29) is 37.5 Å². The Morgan fingerprint density at radius 3 is 2.71 bits per heavy atom. The van der Waals surface area contributed by atoms with E-state index in [2.05, 4.69) is 15.5 Å². The standard InChI is InChI=1S/C24H20FN5O4/c25-16-4-6-17(7-5-16)30-23-18(11-27-30)22(15-2-3-15)28-29(24(23)32)12-21(31)26-10-14-1-8-19-20(9-14)34-13-33-19/h1,4-9,11,15H,2-3,10,12-13H2,(H,26,31). The SMILES string of the molecule is O=C(Cn1nc(C2CC2)c2cnn(-c3ccc(F)cc3)c2c1=O)NCc1ccc2c(c1)OCO2. The highest BCUT2D eigenvalue weighted by Crippen LogP contribution is 2.41. The minimum Gasteiger partial charge on any atom is -0.454 e. The van der Waals surface area contributed by atoms with Gasteiger partial charge in [-0.15, -0.1) is 0 Å². The van der Waals surface area contributed by atoms with E-state index in [0.717, 1.165) is 24.1 Å². The topological polar surface area (TPSA) is 100 Å². The van der Waals surface area contributed by atoms with E-state index in [0.29, 0.717) is 28.1 Å². The summed E-state index contributed by atoms with van der Waals surface area (Å²) >= 11 is 0. The van der Waals surface area contributed by atoms with Crippen LogP contribution in [0.5, 0.6) is 11.5 Å². The average molecular weight is 461 g/mol. The molecule has 1 amide bonds. The molecule has 0 radical (unpaired) electrons. The molecule has 0 spiro atoms. The highest BCUT2D eigenvalue weighted by molar-refractivity contribution is 5.83. The maximum absolute atomic E-state index is 13.4. The number of amides is 1. The van der Waals surface area contributed by atoms with Gasteiger partial charge in [0.15, 0.2) is 11.5 Å². The van der Waals surface area contributed by atoms with Gasteiger partial charge in [0, 0.05) is 17.8 Å². The molecule has 10 heteroatoms. The van der Waals surface area contributed by atoms with Crippen LogP contribution in [-0.2, 0) is 17.9 Å². The van der Waals surface area contributed by atoms with Gasteiger partial charge >= 0.3 is 0 Å². The fourth-order valence-electron chi connectivity index (χ4n) is 4.08. The van der Waals surface area contributed by atoms with Crippen molar-refractivity contribution in [3.8, 4) is 17.2 Å². The Morgan fingerprint density at radius 2 is 1.91 bits per heavy atom. The first-order valence-electron chi connectivity index (χ1n) is 11.0. The summed E-state index contributed by atoms with van der Waals surface area (Å²) in [6, 6.07) is 11.2. The largest absolute Gasteiger partial charge is 0.454 e. The lowest BCUT2D eigenvalue weighted by Crippen LogP contribution is -2.34. The van der Waals surface area contributed by atoms with Crippen molar-refractivity contribution in [3.05, 3.63) is 76.1 Å². The molecule has 0 unspecified atom stereocenters. The minimum absolute atomic E-state index is 0.181. The molecule has 0 saturated heterocycles. The molecule has 1 aliphatic carbocycles. The van der Waals surface area contributed by atoms with Crippen molar-refractivity contribution in [1.29, 1.82) is 0 Å². The van der Waals surface area contributed by atoms with Gasteiger partial charge in [-0.2, -0.15) is 10.2 Å². The molecule has 1 N–H and O–H groups in total. The number of carbonyl (C=O) groups excluding carboxylic acids is 1. The summed E-state index contributed by atoms with van der Waals surface area (Å²) in [5.74, 6) is 0.818. The fourth-order valence-corrected chi connectivity index (χ4v) is 4.08. The van der Waals surface area contributed by atoms with Crippen LogP contribution in [0, 0.1) is 5.82 Å². The van der Waals surface area contributed by atoms with Crippen LogP contribution in [0.25, 0.3) is 16.6 Å². The molecular formula is C24H20FN5O4. The van der Waals surface area contributed by atoms with Crippen molar-refractivity contribution < 1.29 is 18.7 Å². The highest BCUT2D eigenvalue weighted by Gasteiger charge is 2.30. The van der Waals surface area contributed by atoms with Gasteiger partial charge in [0.05, 0.1) is 17.6 Å². The molecule has 1 aliphatic heterocycles. The van der Waals surface area contributed by atoms with Crippen molar-refractivity contribution in [2.45, 2.75) is 31.8 Å². The van der Waals surface area contributed by atoms with Crippen LogP contribution >= 0.6 is 0 Å². The predicted molar refractivity (Wildman–Crippen MR) is 119 cm³/mol. The summed E-state index contributed by atoms with van der Waals surface area (Å²) < 4.78 is 26.7. The second-order valence-electron chi connectivity index (χ2n) is 8.38. The van der Waals surface area contributed by atoms with E-state index in [9.17, 15) is 14.0 Å². The molecule has 0 atom stereocenters. The monoisotopic (exact) mass is 461 g/mol. The molecule has 1 fully saturated rings. The van der Waals surface area contributed by atoms with Crippen LogP contribution in [0.15, 0.2) is 53.5 Å². The third kappa shape index (κ3) is 3.66. The predicted octanol–water partition coefficient (Wildman–Crippen LogP) is 2.64. The summed E-state index contributed by atoms with van der Waals surface area (Å²) in [5, 5.41) is 12.4. The molecule has 2 aliphatic rings. The van der Waals surface area contributed by atoms with Crippen LogP contribution in [0.4, 0.5) is 4.39 Å². The molecule has 1 saturated carbocycles. The van der Waals surface area contributed by atoms with Crippen LogP contribution in [0.2, 0.25) is 0 Å². The Hall–Kier alpha value is -4.21. The molecular weight excluding hydrogens is 441 g/mol. The van der Waals surface area contributed by atoms with Gasteiger partial charge in [-0.3, -0.25) is 9.59 Å². The number of nitrogens with one attached hydrogen (secondary N) is 1. The molecule has 2 aromatic carbocycles. The van der Waals surface area contributed by atoms with E-state index in [1.807, 2.05) is 12.1 Å². The molecule has 172 valence electrons. The van der Waals surface area contributed by atoms with Crippen molar-refractivity contribution in [2.75, 3.05) is 6.79 Å². The number of carbonyl (C=O) groups is 1. The molecule has 34 heavy (non-hydrogen) atoms. The number of aromatic nitrogens is 4. The van der Waals surface area contributed by atoms with Crippen LogP contribution in [-0.4, -0.2) is 32.3 Å². The van der Waals surface area contributed by atoms with E-state index in [1.165, 1.54) is 21.5 Å². The Balaban J connectivity index is 1.29. The number of halogens is 1. The zero-order valence-corrected chi connectivity index (χ0v) is 18.0. The third-order valence-electron chi connectivity index (χ3n) is 5.97. The molecule has 0 bridgehead atoms.